The highest BCUT2D eigenvalue weighted by Gasteiger charge is 2.23. The van der Waals surface area contributed by atoms with Crippen LogP contribution in [0.15, 0.2) is 29.2 Å². The van der Waals surface area contributed by atoms with Gasteiger partial charge in [0.15, 0.2) is 0 Å². The number of carbonyl (C=O) groups excluding carboxylic acids is 1. The van der Waals surface area contributed by atoms with Crippen molar-refractivity contribution in [2.24, 2.45) is 0 Å². The van der Waals surface area contributed by atoms with Crippen LogP contribution in [-0.4, -0.2) is 46.9 Å². The lowest BCUT2D eigenvalue weighted by Crippen LogP contribution is -2.24. The first-order valence-corrected chi connectivity index (χ1v) is 10.1. The minimum Gasteiger partial charge on any atom is -0.495 e. The lowest BCUT2D eigenvalue weighted by Gasteiger charge is -2.17. The number of benzene rings is 2. The molecule has 0 aliphatic heterocycles. The maximum absolute atomic E-state index is 12.8. The first kappa shape index (κ1) is 22.0. The van der Waals surface area contributed by atoms with Crippen LogP contribution in [0.3, 0.4) is 0 Å². The number of halogens is 1. The summed E-state index contributed by atoms with van der Waals surface area (Å²) in [6.07, 6.45) is 0. The SMILES string of the molecule is COc1cc(NC(=O)c2cc(C)c(C)c(S(=O)(=O)N(C)C)c2)c(OC)cc1Cl. The molecule has 0 saturated carbocycles. The van der Waals surface area contributed by atoms with E-state index >= 15 is 0 Å². The van der Waals surface area contributed by atoms with Crippen molar-refractivity contribution in [1.82, 2.24) is 4.31 Å². The second-order valence-corrected chi connectivity index (χ2v) is 8.87. The molecule has 0 atom stereocenters. The van der Waals surface area contributed by atoms with Gasteiger partial charge in [-0.25, -0.2) is 12.7 Å². The molecule has 2 aromatic rings. The van der Waals surface area contributed by atoms with Gasteiger partial charge in [0.1, 0.15) is 11.5 Å². The lowest BCUT2D eigenvalue weighted by molar-refractivity contribution is 0.102. The summed E-state index contributed by atoms with van der Waals surface area (Å²) >= 11 is 6.08. The third-order valence-electron chi connectivity index (χ3n) is 4.36. The van der Waals surface area contributed by atoms with E-state index in [1.165, 1.54) is 46.5 Å². The van der Waals surface area contributed by atoms with Crippen molar-refractivity contribution < 1.29 is 22.7 Å². The molecule has 0 radical (unpaired) electrons. The highest BCUT2D eigenvalue weighted by molar-refractivity contribution is 7.89. The fourth-order valence-corrected chi connectivity index (χ4v) is 4.02. The van der Waals surface area contributed by atoms with Gasteiger partial charge >= 0.3 is 0 Å². The summed E-state index contributed by atoms with van der Waals surface area (Å²) in [4.78, 5) is 12.9. The van der Waals surface area contributed by atoms with Crippen LogP contribution in [0.2, 0.25) is 5.02 Å². The second-order valence-electron chi connectivity index (χ2n) is 6.34. The summed E-state index contributed by atoms with van der Waals surface area (Å²) in [7, 11) is 2.10. The zero-order valence-corrected chi connectivity index (χ0v) is 18.2. The Morgan fingerprint density at radius 1 is 1.04 bits per heavy atom. The fraction of sp³-hybridized carbons (Fsp3) is 0.316. The summed E-state index contributed by atoms with van der Waals surface area (Å²) in [6.45, 7) is 3.47. The summed E-state index contributed by atoms with van der Waals surface area (Å²) in [5.74, 6) is 0.235. The minimum absolute atomic E-state index is 0.0864. The fourth-order valence-electron chi connectivity index (χ4n) is 2.58. The molecule has 28 heavy (non-hydrogen) atoms. The van der Waals surface area contributed by atoms with Crippen molar-refractivity contribution in [3.8, 4) is 11.5 Å². The number of carbonyl (C=O) groups is 1. The van der Waals surface area contributed by atoms with E-state index in [4.69, 9.17) is 21.1 Å². The first-order valence-electron chi connectivity index (χ1n) is 8.29. The molecule has 0 aliphatic rings. The second kappa shape index (κ2) is 8.38. The quantitative estimate of drug-likeness (QED) is 0.764. The number of nitrogens with one attached hydrogen (secondary N) is 1. The average molecular weight is 427 g/mol. The Hall–Kier alpha value is -2.29. The molecular formula is C19H23ClN2O5S. The minimum atomic E-state index is -3.70. The number of nitrogens with zero attached hydrogens (tertiary/aromatic N) is 1. The number of aryl methyl sites for hydroxylation is 1. The number of anilines is 1. The molecular weight excluding hydrogens is 404 g/mol. The predicted octanol–water partition coefficient (Wildman–Crippen LogP) is 3.48. The molecule has 0 fully saturated rings. The Morgan fingerprint density at radius 3 is 2.18 bits per heavy atom. The predicted molar refractivity (Wildman–Crippen MR) is 109 cm³/mol. The standard InChI is InChI=1S/C19H23ClN2O5S/c1-11-7-13(8-18(12(11)2)28(24,25)22(3)4)19(23)21-15-10-16(26-5)14(20)9-17(15)27-6/h7-10H,1-6H3,(H,21,23). The van der Waals surface area contributed by atoms with Gasteiger partial charge < -0.3 is 14.8 Å². The Kier molecular flexibility index (Phi) is 6.59. The lowest BCUT2D eigenvalue weighted by atomic mass is 10.1. The Bertz CT molecular complexity index is 1020. The number of hydrogen-bond donors (Lipinski definition) is 1. The molecule has 0 unspecified atom stereocenters. The summed E-state index contributed by atoms with van der Waals surface area (Å²) in [5, 5.41) is 3.06. The van der Waals surface area contributed by atoms with Crippen LogP contribution in [0.25, 0.3) is 0 Å². The molecule has 0 saturated heterocycles. The number of hydrogen-bond acceptors (Lipinski definition) is 5. The van der Waals surface area contributed by atoms with Crippen LogP contribution in [0.4, 0.5) is 5.69 Å². The highest BCUT2D eigenvalue weighted by Crippen LogP contribution is 2.36. The molecule has 9 heteroatoms. The Morgan fingerprint density at radius 2 is 1.64 bits per heavy atom. The number of rotatable bonds is 6. The highest BCUT2D eigenvalue weighted by atomic mass is 35.5. The van der Waals surface area contributed by atoms with Gasteiger partial charge in [-0.05, 0) is 37.1 Å². The molecule has 0 bridgehead atoms. The van der Waals surface area contributed by atoms with Gasteiger partial charge in [0.05, 0.1) is 29.8 Å². The zero-order chi connectivity index (χ0) is 21.2. The molecule has 2 aromatic carbocycles. The van der Waals surface area contributed by atoms with Crippen molar-refractivity contribution >= 4 is 33.2 Å². The van der Waals surface area contributed by atoms with E-state index < -0.39 is 15.9 Å². The number of sulfonamides is 1. The molecule has 152 valence electrons. The molecule has 0 aliphatic carbocycles. The summed E-state index contributed by atoms with van der Waals surface area (Å²) in [5.41, 5.74) is 1.84. The first-order chi connectivity index (χ1) is 13.0. The summed E-state index contributed by atoms with van der Waals surface area (Å²) < 4.78 is 36.8. The van der Waals surface area contributed by atoms with E-state index in [9.17, 15) is 13.2 Å². The number of amides is 1. The largest absolute Gasteiger partial charge is 0.495 e. The zero-order valence-electron chi connectivity index (χ0n) is 16.6. The van der Waals surface area contributed by atoms with Crippen LogP contribution >= 0.6 is 11.6 Å². The van der Waals surface area contributed by atoms with Crippen molar-refractivity contribution in [2.45, 2.75) is 18.7 Å². The monoisotopic (exact) mass is 426 g/mol. The third kappa shape index (κ3) is 4.24. The van der Waals surface area contributed by atoms with Crippen LogP contribution in [-0.2, 0) is 10.0 Å². The Balaban J connectivity index is 2.50. The van der Waals surface area contributed by atoms with Gasteiger partial charge in [-0.2, -0.15) is 0 Å². The molecule has 1 amide bonds. The van der Waals surface area contributed by atoms with E-state index in [0.717, 1.165) is 4.31 Å². The van der Waals surface area contributed by atoms with Crippen molar-refractivity contribution in [1.29, 1.82) is 0 Å². The van der Waals surface area contributed by atoms with E-state index in [0.29, 0.717) is 33.3 Å². The number of methoxy groups -OCH3 is 2. The average Bonchev–Trinajstić information content (AvgIpc) is 2.64. The molecule has 0 aromatic heterocycles. The normalized spacial score (nSPS) is 11.4. The van der Waals surface area contributed by atoms with Gasteiger partial charge in [-0.3, -0.25) is 4.79 Å². The molecule has 0 spiro atoms. The maximum atomic E-state index is 12.8. The molecule has 7 nitrogen and oxygen atoms in total. The third-order valence-corrected chi connectivity index (χ3v) is 6.60. The van der Waals surface area contributed by atoms with Gasteiger partial charge in [-0.15, -0.1) is 0 Å². The van der Waals surface area contributed by atoms with Gasteiger partial charge in [0.2, 0.25) is 10.0 Å². The molecule has 1 N–H and O–H groups in total. The summed E-state index contributed by atoms with van der Waals surface area (Å²) in [6, 6.07) is 6.07. The smallest absolute Gasteiger partial charge is 0.255 e. The van der Waals surface area contributed by atoms with Crippen LogP contribution in [0, 0.1) is 13.8 Å². The molecule has 0 heterocycles. The van der Waals surface area contributed by atoms with Crippen molar-refractivity contribution in [2.75, 3.05) is 33.6 Å². The number of ether oxygens (including phenoxy) is 2. The maximum Gasteiger partial charge on any atom is 0.255 e. The topological polar surface area (TPSA) is 84.9 Å². The van der Waals surface area contributed by atoms with Crippen molar-refractivity contribution in [3.63, 3.8) is 0 Å². The van der Waals surface area contributed by atoms with Gasteiger partial charge in [0.25, 0.3) is 5.91 Å². The van der Waals surface area contributed by atoms with Gasteiger partial charge in [0, 0.05) is 31.8 Å². The van der Waals surface area contributed by atoms with E-state index in [1.54, 1.807) is 19.9 Å². The van der Waals surface area contributed by atoms with E-state index in [2.05, 4.69) is 5.32 Å². The van der Waals surface area contributed by atoms with Crippen LogP contribution < -0.4 is 14.8 Å². The van der Waals surface area contributed by atoms with Gasteiger partial charge in [-0.1, -0.05) is 11.6 Å². The van der Waals surface area contributed by atoms with Crippen LogP contribution in [0.1, 0.15) is 21.5 Å². The van der Waals surface area contributed by atoms with E-state index in [-0.39, 0.29) is 10.5 Å². The van der Waals surface area contributed by atoms with E-state index in [1.807, 2.05) is 0 Å². The van der Waals surface area contributed by atoms with Crippen molar-refractivity contribution in [3.05, 3.63) is 46.0 Å². The van der Waals surface area contributed by atoms with Crippen LogP contribution in [0.5, 0.6) is 11.5 Å². The molecule has 2 rings (SSSR count). The Labute approximate surface area is 170 Å².